The largest absolute Gasteiger partial charge is 0.416 e. The maximum atomic E-state index is 14.5. The van der Waals surface area contributed by atoms with Crippen LogP contribution < -0.4 is 14.2 Å². The number of rotatable bonds is 24. The number of nitrogens with zero attached hydrogens (tertiary/aromatic N) is 6. The van der Waals surface area contributed by atoms with Gasteiger partial charge in [-0.3, -0.25) is 28.2 Å². The van der Waals surface area contributed by atoms with Gasteiger partial charge < -0.3 is 15.3 Å². The van der Waals surface area contributed by atoms with Crippen LogP contribution in [-0.4, -0.2) is 125 Å². The number of aromatic nitrogens is 6. The van der Waals surface area contributed by atoms with E-state index < -0.39 is 138 Å². The standard InChI is InChI=1S/C22H24F5N3O3S.C21H21F6N3O3S.C20H19F6N3O3S/c1-3-19(31)21(12-20(23)24,14-8-10-15(11-9-14)22(25,26)27)30-18-7-5-6-17(16(18)13-28-30)29-34(32,33)4-2;1-3-20(18(31)19(23)24,12-5-7-13(8-6-12)21(25,26)27)30-17-10-14(22)9-16(15(17)11-28-30)29-34(32,33)4-2;1-3-19(17(30)18(22)23,11-4-6-12(7-5-11)20(24,25)26)29-16-9-13(21)8-15(14(16)10-27-29)28-33(2,31)32/h5-11,13,19-20,29,31H,3-4,12H2,1-2H3;5-11,18-19,29,31H,3-4H2,1-2H3;4-10,17-18,28,30H,3H2,1-2H3. The van der Waals surface area contributed by atoms with Gasteiger partial charge in [0.25, 0.3) is 12.9 Å². The predicted octanol–water partition coefficient (Wildman–Crippen LogP) is 14.1. The fourth-order valence-electron chi connectivity index (χ4n) is 11.7. The summed E-state index contributed by atoms with van der Waals surface area (Å²) in [5.41, 5.74) is -9.71. The van der Waals surface area contributed by atoms with Crippen molar-refractivity contribution >= 4 is 79.8 Å². The van der Waals surface area contributed by atoms with E-state index in [0.717, 1.165) is 105 Å². The lowest BCUT2D eigenvalue weighted by Crippen LogP contribution is -2.49. The molecule has 0 bridgehead atoms. The van der Waals surface area contributed by atoms with Crippen LogP contribution >= 0.6 is 0 Å². The molecule has 0 aliphatic rings. The lowest BCUT2D eigenvalue weighted by Gasteiger charge is -2.39. The molecule has 0 amide bonds. The van der Waals surface area contributed by atoms with Gasteiger partial charge in [-0.25, -0.2) is 60.4 Å². The first-order chi connectivity index (χ1) is 46.8. The summed E-state index contributed by atoms with van der Waals surface area (Å²) in [6, 6.07) is 18.2. The van der Waals surface area contributed by atoms with Gasteiger partial charge in [0.15, 0.2) is 0 Å². The monoisotopic (exact) mass is 1510 g/mol. The van der Waals surface area contributed by atoms with E-state index in [-0.39, 0.29) is 97.2 Å². The first-order valence-electron chi connectivity index (χ1n) is 30.1. The summed E-state index contributed by atoms with van der Waals surface area (Å²) in [4.78, 5) is 0. The third-order valence-electron chi connectivity index (χ3n) is 16.7. The first kappa shape index (κ1) is 80.0. The number of alkyl halides is 15. The molecule has 18 nitrogen and oxygen atoms in total. The molecule has 0 saturated carbocycles. The fraction of sp³-hybridized carbons (Fsp3) is 0.381. The molecular weight excluding hydrogens is 1450 g/mol. The normalized spacial score (nSPS) is 15.5. The van der Waals surface area contributed by atoms with Gasteiger partial charge in [-0.05, 0) is 123 Å². The minimum absolute atomic E-state index is 0.00273. The third-order valence-corrected chi connectivity index (χ3v) is 19.9. The smallest absolute Gasteiger partial charge is 0.390 e. The van der Waals surface area contributed by atoms with Crippen molar-refractivity contribution in [3.8, 4) is 0 Å². The maximum Gasteiger partial charge on any atom is 0.416 e. The zero-order chi connectivity index (χ0) is 75.6. The van der Waals surface area contributed by atoms with Crippen LogP contribution in [0.15, 0.2) is 134 Å². The summed E-state index contributed by atoms with van der Waals surface area (Å²) in [6.07, 6.45) is -27.1. The van der Waals surface area contributed by atoms with Crippen LogP contribution in [0.2, 0.25) is 0 Å². The van der Waals surface area contributed by atoms with Gasteiger partial charge in [-0.15, -0.1) is 0 Å². The molecule has 0 aliphatic heterocycles. The second-order valence-electron chi connectivity index (χ2n) is 22.8. The highest BCUT2D eigenvalue weighted by Gasteiger charge is 2.50. The van der Waals surface area contributed by atoms with Gasteiger partial charge in [0.05, 0.1) is 92.8 Å². The first-order valence-corrected chi connectivity index (χ1v) is 35.3. The average Bonchev–Trinajstić information content (AvgIpc) is 1.69. The van der Waals surface area contributed by atoms with E-state index >= 15 is 0 Å². The van der Waals surface area contributed by atoms with Crippen LogP contribution in [0, 0.1) is 11.6 Å². The molecule has 0 fully saturated rings. The van der Waals surface area contributed by atoms with Gasteiger partial charge in [-0.2, -0.15) is 54.8 Å². The van der Waals surface area contributed by atoms with Gasteiger partial charge in [0.1, 0.15) is 40.5 Å². The van der Waals surface area contributed by atoms with Crippen molar-refractivity contribution in [1.29, 1.82) is 0 Å². The molecule has 3 heterocycles. The van der Waals surface area contributed by atoms with Crippen LogP contribution in [0.4, 0.5) is 91.7 Å². The highest BCUT2D eigenvalue weighted by atomic mass is 32.2. The van der Waals surface area contributed by atoms with Gasteiger partial charge >= 0.3 is 18.5 Å². The summed E-state index contributed by atoms with van der Waals surface area (Å²) in [5, 5.41) is 44.8. The van der Waals surface area contributed by atoms with Crippen LogP contribution in [0.1, 0.15) is 93.7 Å². The summed E-state index contributed by atoms with van der Waals surface area (Å²) in [5.74, 6) is -2.38. The Labute approximate surface area is 565 Å². The highest BCUT2D eigenvalue weighted by molar-refractivity contribution is 7.93. The lowest BCUT2D eigenvalue weighted by molar-refractivity contribution is -0.138. The van der Waals surface area contributed by atoms with Gasteiger partial charge in [0.2, 0.25) is 36.5 Å². The molecule has 9 aromatic rings. The zero-order valence-electron chi connectivity index (χ0n) is 53.5. The van der Waals surface area contributed by atoms with Crippen molar-refractivity contribution in [3.05, 3.63) is 179 Å². The number of aliphatic hydroxyl groups excluding tert-OH is 3. The number of halogens is 17. The Bertz CT molecular complexity index is 4720. The maximum absolute atomic E-state index is 14.5. The second kappa shape index (κ2) is 30.3. The number of anilines is 3. The highest BCUT2D eigenvalue weighted by Crippen LogP contribution is 2.46. The Morgan fingerprint density at radius 2 is 0.752 bits per heavy atom. The Kier molecular flexibility index (Phi) is 24.0. The molecule has 38 heteroatoms. The Morgan fingerprint density at radius 1 is 0.436 bits per heavy atom. The van der Waals surface area contributed by atoms with Crippen molar-refractivity contribution in [1.82, 2.24) is 29.3 Å². The molecule has 6 unspecified atom stereocenters. The summed E-state index contributed by atoms with van der Waals surface area (Å²) in [7, 11) is -11.4. The van der Waals surface area contributed by atoms with Crippen molar-refractivity contribution in [2.45, 2.75) is 133 Å². The zero-order valence-corrected chi connectivity index (χ0v) is 56.0. The Morgan fingerprint density at radius 3 is 1.06 bits per heavy atom. The number of benzene rings is 6. The number of aliphatic hydroxyl groups is 3. The SMILES string of the molecule is CCC(O)C(CC(F)F)(c1ccc(C(F)(F)F)cc1)n1ncc2c(NS(=O)(=O)CC)cccc21.CCC(c1ccc(C(F)(F)F)cc1)(C(O)C(F)F)n1ncc2c(NS(=O)(=O)CC)cc(F)cc21.CCC(c1ccc(C(F)(F)F)cc1)(C(O)C(F)F)n1ncc2c(NS(C)(=O)=O)cc(F)cc21. The van der Waals surface area contributed by atoms with E-state index in [0.29, 0.717) is 24.3 Å². The summed E-state index contributed by atoms with van der Waals surface area (Å²) < 4.78 is 310. The third kappa shape index (κ3) is 16.9. The van der Waals surface area contributed by atoms with Crippen molar-refractivity contribution in [3.63, 3.8) is 0 Å². The molecule has 101 heavy (non-hydrogen) atoms. The molecule has 3 aromatic heterocycles. The minimum atomic E-state index is -4.68. The predicted molar refractivity (Wildman–Crippen MR) is 341 cm³/mol. The molecule has 552 valence electrons. The van der Waals surface area contributed by atoms with Crippen molar-refractivity contribution < 1.29 is 115 Å². The van der Waals surface area contributed by atoms with Gasteiger partial charge in [0, 0.05) is 22.6 Å². The van der Waals surface area contributed by atoms with Crippen LogP contribution in [0.25, 0.3) is 32.7 Å². The second-order valence-corrected chi connectivity index (χ2v) is 28.6. The molecule has 0 spiro atoms. The molecular formula is C63H64F17N9O9S3. The van der Waals surface area contributed by atoms with Crippen LogP contribution in [0.5, 0.6) is 0 Å². The molecule has 0 aliphatic carbocycles. The topological polar surface area (TPSA) is 253 Å². The number of hydrogen-bond donors (Lipinski definition) is 6. The number of hydrogen-bond acceptors (Lipinski definition) is 12. The molecule has 6 N–H and O–H groups in total. The van der Waals surface area contributed by atoms with Crippen molar-refractivity contribution in [2.75, 3.05) is 31.9 Å². The Hall–Kier alpha value is -8.33. The van der Waals surface area contributed by atoms with E-state index in [2.05, 4.69) is 29.5 Å². The van der Waals surface area contributed by atoms with Crippen molar-refractivity contribution in [2.24, 2.45) is 0 Å². The van der Waals surface area contributed by atoms with E-state index in [1.54, 1.807) is 6.92 Å². The average molecular weight is 1510 g/mol. The molecule has 6 aromatic carbocycles. The van der Waals surface area contributed by atoms with E-state index in [9.17, 15) is 115 Å². The molecule has 9 rings (SSSR count). The summed E-state index contributed by atoms with van der Waals surface area (Å²) >= 11 is 0. The van der Waals surface area contributed by atoms with Crippen LogP contribution in [-0.2, 0) is 65.2 Å². The molecule has 0 radical (unpaired) electrons. The van der Waals surface area contributed by atoms with Crippen LogP contribution in [0.3, 0.4) is 0 Å². The molecule has 6 atom stereocenters. The fourth-order valence-corrected chi connectivity index (χ4v) is 13.6. The Balaban J connectivity index is 0.000000213. The summed E-state index contributed by atoms with van der Waals surface area (Å²) in [6.45, 7) is 7.18. The van der Waals surface area contributed by atoms with Gasteiger partial charge in [-0.1, -0.05) is 63.2 Å². The van der Waals surface area contributed by atoms with E-state index in [4.69, 9.17) is 0 Å². The molecule has 0 saturated heterocycles. The number of nitrogens with one attached hydrogen (secondary N) is 3. The number of fused-ring (bicyclic) bond motifs is 3. The lowest BCUT2D eigenvalue weighted by atomic mass is 9.79. The quantitative estimate of drug-likeness (QED) is 0.0309. The van der Waals surface area contributed by atoms with E-state index in [1.807, 2.05) is 0 Å². The number of sulfonamides is 3. The van der Waals surface area contributed by atoms with E-state index in [1.165, 1.54) is 52.1 Å². The minimum Gasteiger partial charge on any atom is -0.390 e.